The van der Waals surface area contributed by atoms with E-state index < -0.39 is 0 Å². The van der Waals surface area contributed by atoms with Crippen LogP contribution in [-0.4, -0.2) is 19.6 Å². The number of ether oxygens (including phenoxy) is 1. The first-order chi connectivity index (χ1) is 7.72. The topological polar surface area (TPSA) is 38.3 Å². The number of hydrogen-bond acceptors (Lipinski definition) is 2. The fraction of sp³-hybridized carbons (Fsp3) is 0.308. The van der Waals surface area contributed by atoms with Crippen molar-refractivity contribution in [1.29, 1.82) is 0 Å². The Morgan fingerprint density at radius 3 is 2.88 bits per heavy atom. The number of carbonyl (C=O) groups is 1. The van der Waals surface area contributed by atoms with Crippen LogP contribution in [0.2, 0.25) is 0 Å². The van der Waals surface area contributed by atoms with Crippen molar-refractivity contribution in [2.75, 3.05) is 13.7 Å². The monoisotopic (exact) mass is 219 g/mol. The molecule has 0 heterocycles. The Bertz CT molecular complexity index is 386. The molecular formula is C13H17NO2. The van der Waals surface area contributed by atoms with Gasteiger partial charge in [-0.15, -0.1) is 6.58 Å². The molecule has 1 aromatic rings. The largest absolute Gasteiger partial charge is 0.496 e. The Morgan fingerprint density at radius 1 is 1.56 bits per heavy atom. The van der Waals surface area contributed by atoms with Gasteiger partial charge in [0.2, 0.25) is 0 Å². The van der Waals surface area contributed by atoms with Crippen molar-refractivity contribution < 1.29 is 9.53 Å². The third-order valence-corrected chi connectivity index (χ3v) is 2.32. The minimum atomic E-state index is -0.132. The molecule has 0 saturated heterocycles. The lowest BCUT2D eigenvalue weighted by Crippen LogP contribution is -2.23. The first-order valence-corrected chi connectivity index (χ1v) is 5.29. The first kappa shape index (κ1) is 12.3. The summed E-state index contributed by atoms with van der Waals surface area (Å²) in [5.74, 6) is 0.464. The second kappa shape index (κ2) is 5.95. The molecule has 0 aliphatic heterocycles. The zero-order valence-corrected chi connectivity index (χ0v) is 9.75. The summed E-state index contributed by atoms with van der Waals surface area (Å²) in [5.41, 5.74) is 1.69. The van der Waals surface area contributed by atoms with Crippen LogP contribution in [0.4, 0.5) is 0 Å². The molecule has 1 N–H and O–H groups in total. The lowest BCUT2D eigenvalue weighted by Gasteiger charge is -2.09. The summed E-state index contributed by atoms with van der Waals surface area (Å²) in [5, 5.41) is 2.74. The Morgan fingerprint density at radius 2 is 2.31 bits per heavy atom. The van der Waals surface area contributed by atoms with Crippen LogP contribution >= 0.6 is 0 Å². The number of methoxy groups -OCH3 is 1. The smallest absolute Gasteiger partial charge is 0.255 e. The Kier molecular flexibility index (Phi) is 4.58. The number of rotatable bonds is 5. The minimum Gasteiger partial charge on any atom is -0.496 e. The predicted molar refractivity (Wildman–Crippen MR) is 64.9 cm³/mol. The highest BCUT2D eigenvalue weighted by Gasteiger charge is 2.11. The molecule has 0 bridgehead atoms. The molecule has 0 aliphatic carbocycles. The Labute approximate surface area is 96.1 Å². The zero-order chi connectivity index (χ0) is 12.0. The molecule has 0 aromatic heterocycles. The first-order valence-electron chi connectivity index (χ1n) is 5.29. The molecule has 3 heteroatoms. The van der Waals surface area contributed by atoms with E-state index in [0.717, 1.165) is 12.0 Å². The molecule has 1 amide bonds. The standard InChI is InChI=1S/C13H17NO2/c1-4-8-14-13(15)11-9-10(5-2)6-7-12(11)16-3/h4,6-7,9H,1,5,8H2,2-3H3,(H,14,15). The van der Waals surface area contributed by atoms with Crippen molar-refractivity contribution in [3.8, 4) is 5.75 Å². The van der Waals surface area contributed by atoms with Gasteiger partial charge in [-0.05, 0) is 24.1 Å². The summed E-state index contributed by atoms with van der Waals surface area (Å²) < 4.78 is 5.16. The number of aryl methyl sites for hydroxylation is 1. The summed E-state index contributed by atoms with van der Waals surface area (Å²) in [6.07, 6.45) is 2.54. The second-order valence-electron chi connectivity index (χ2n) is 3.39. The van der Waals surface area contributed by atoms with Gasteiger partial charge in [0, 0.05) is 6.54 Å². The molecule has 0 saturated carbocycles. The van der Waals surface area contributed by atoms with Gasteiger partial charge in [-0.3, -0.25) is 4.79 Å². The predicted octanol–water partition coefficient (Wildman–Crippen LogP) is 2.17. The fourth-order valence-electron chi connectivity index (χ4n) is 1.41. The molecule has 0 fully saturated rings. The molecule has 1 aromatic carbocycles. The van der Waals surface area contributed by atoms with Gasteiger partial charge in [0.05, 0.1) is 12.7 Å². The highest BCUT2D eigenvalue weighted by atomic mass is 16.5. The van der Waals surface area contributed by atoms with Crippen LogP contribution in [0.1, 0.15) is 22.8 Å². The van der Waals surface area contributed by atoms with E-state index >= 15 is 0 Å². The van der Waals surface area contributed by atoms with Gasteiger partial charge >= 0.3 is 0 Å². The molecule has 3 nitrogen and oxygen atoms in total. The fourth-order valence-corrected chi connectivity index (χ4v) is 1.41. The number of hydrogen-bond donors (Lipinski definition) is 1. The molecule has 0 atom stereocenters. The second-order valence-corrected chi connectivity index (χ2v) is 3.39. The summed E-state index contributed by atoms with van der Waals surface area (Å²) in [7, 11) is 1.56. The molecule has 1 rings (SSSR count). The molecule has 0 radical (unpaired) electrons. The van der Waals surface area contributed by atoms with Gasteiger partial charge in [0.1, 0.15) is 5.75 Å². The van der Waals surface area contributed by atoms with Crippen LogP contribution in [-0.2, 0) is 6.42 Å². The minimum absolute atomic E-state index is 0.132. The van der Waals surface area contributed by atoms with Crippen molar-refractivity contribution in [2.45, 2.75) is 13.3 Å². The number of amides is 1. The van der Waals surface area contributed by atoms with E-state index in [4.69, 9.17) is 4.74 Å². The Hall–Kier alpha value is -1.77. The molecule has 86 valence electrons. The molecular weight excluding hydrogens is 202 g/mol. The molecule has 16 heavy (non-hydrogen) atoms. The van der Waals surface area contributed by atoms with E-state index in [0.29, 0.717) is 17.9 Å². The van der Waals surface area contributed by atoms with Gasteiger partial charge in [0.25, 0.3) is 5.91 Å². The average Bonchev–Trinajstić information content (AvgIpc) is 2.35. The maximum Gasteiger partial charge on any atom is 0.255 e. The van der Waals surface area contributed by atoms with Crippen molar-refractivity contribution >= 4 is 5.91 Å². The van der Waals surface area contributed by atoms with Crippen LogP contribution in [0, 0.1) is 0 Å². The van der Waals surface area contributed by atoms with Gasteiger partial charge in [0.15, 0.2) is 0 Å². The van der Waals surface area contributed by atoms with Crippen molar-refractivity contribution in [2.24, 2.45) is 0 Å². The van der Waals surface area contributed by atoms with Crippen LogP contribution in [0.15, 0.2) is 30.9 Å². The maximum absolute atomic E-state index is 11.8. The van der Waals surface area contributed by atoms with E-state index in [2.05, 4.69) is 11.9 Å². The molecule has 0 spiro atoms. The normalized spacial score (nSPS) is 9.62. The maximum atomic E-state index is 11.8. The highest BCUT2D eigenvalue weighted by Crippen LogP contribution is 2.20. The lowest BCUT2D eigenvalue weighted by atomic mass is 10.1. The van der Waals surface area contributed by atoms with Gasteiger partial charge in [-0.2, -0.15) is 0 Å². The zero-order valence-electron chi connectivity index (χ0n) is 9.75. The molecule has 0 unspecified atom stereocenters. The summed E-state index contributed by atoms with van der Waals surface area (Å²) in [6, 6.07) is 5.64. The molecule has 0 aliphatic rings. The lowest BCUT2D eigenvalue weighted by molar-refractivity contribution is 0.0955. The third-order valence-electron chi connectivity index (χ3n) is 2.32. The third kappa shape index (κ3) is 2.86. The highest BCUT2D eigenvalue weighted by molar-refractivity contribution is 5.97. The van der Waals surface area contributed by atoms with Crippen molar-refractivity contribution in [3.63, 3.8) is 0 Å². The summed E-state index contributed by atoms with van der Waals surface area (Å²) in [4.78, 5) is 11.8. The van der Waals surface area contributed by atoms with Crippen molar-refractivity contribution in [3.05, 3.63) is 42.0 Å². The van der Waals surface area contributed by atoms with Crippen LogP contribution in [0.3, 0.4) is 0 Å². The van der Waals surface area contributed by atoms with Crippen LogP contribution < -0.4 is 10.1 Å². The average molecular weight is 219 g/mol. The van der Waals surface area contributed by atoms with Gasteiger partial charge in [-0.25, -0.2) is 0 Å². The van der Waals surface area contributed by atoms with E-state index in [1.54, 1.807) is 13.2 Å². The van der Waals surface area contributed by atoms with E-state index in [9.17, 15) is 4.79 Å². The van der Waals surface area contributed by atoms with E-state index in [1.165, 1.54) is 0 Å². The Balaban J connectivity index is 2.98. The van der Waals surface area contributed by atoms with Crippen molar-refractivity contribution in [1.82, 2.24) is 5.32 Å². The van der Waals surface area contributed by atoms with Gasteiger partial charge < -0.3 is 10.1 Å². The van der Waals surface area contributed by atoms with Crippen LogP contribution in [0.5, 0.6) is 5.75 Å². The number of carbonyl (C=O) groups excluding carboxylic acids is 1. The van der Waals surface area contributed by atoms with Crippen LogP contribution in [0.25, 0.3) is 0 Å². The van der Waals surface area contributed by atoms with E-state index in [1.807, 2.05) is 25.1 Å². The summed E-state index contributed by atoms with van der Waals surface area (Å²) >= 11 is 0. The van der Waals surface area contributed by atoms with Gasteiger partial charge in [-0.1, -0.05) is 19.1 Å². The summed E-state index contributed by atoms with van der Waals surface area (Å²) in [6.45, 7) is 6.06. The quantitative estimate of drug-likeness (QED) is 0.771. The number of nitrogens with one attached hydrogen (secondary N) is 1. The SMILES string of the molecule is C=CCNC(=O)c1cc(CC)ccc1OC. The van der Waals surface area contributed by atoms with E-state index in [-0.39, 0.29) is 5.91 Å². The number of benzene rings is 1.